The van der Waals surface area contributed by atoms with Crippen molar-refractivity contribution < 1.29 is 37.3 Å². The van der Waals surface area contributed by atoms with Crippen LogP contribution in [0.2, 0.25) is 0 Å². The van der Waals surface area contributed by atoms with Crippen LogP contribution in [0, 0.1) is 0 Å². The van der Waals surface area contributed by atoms with Gasteiger partial charge in [0.25, 0.3) is 7.82 Å². The minimum Gasteiger partial charge on any atom is -0.756 e. The highest BCUT2D eigenvalue weighted by atomic mass is 31.2. The molecule has 0 saturated carbocycles. The number of esters is 1. The Morgan fingerprint density at radius 3 is 1.20 bits per heavy atom. The van der Waals surface area contributed by atoms with E-state index < -0.39 is 26.6 Å². The number of rotatable bonds is 61. The third kappa shape index (κ3) is 63.0. The molecule has 3 unspecified atom stereocenters. The molecule has 0 aromatic carbocycles. The summed E-state index contributed by atoms with van der Waals surface area (Å²) in [6.45, 7) is 6.67. The van der Waals surface area contributed by atoms with Gasteiger partial charge in [0, 0.05) is 12.8 Å². The summed E-state index contributed by atoms with van der Waals surface area (Å²) >= 11 is 0. The minimum absolute atomic E-state index is 0.0372. The van der Waals surface area contributed by atoms with E-state index >= 15 is 0 Å². The van der Waals surface area contributed by atoms with Crippen LogP contribution < -0.4 is 10.2 Å². The molecule has 0 spiro atoms. The van der Waals surface area contributed by atoms with Crippen molar-refractivity contribution in [1.82, 2.24) is 5.32 Å². The Labute approximate surface area is 512 Å². The summed E-state index contributed by atoms with van der Waals surface area (Å²) in [7, 11) is 1.14. The molecule has 0 aliphatic rings. The van der Waals surface area contributed by atoms with E-state index in [0.29, 0.717) is 17.4 Å². The van der Waals surface area contributed by atoms with Crippen LogP contribution in [0.5, 0.6) is 0 Å². The number of nitrogens with one attached hydrogen (secondary N) is 1. The summed E-state index contributed by atoms with van der Waals surface area (Å²) < 4.78 is 30.4. The molecule has 0 heterocycles. The molecule has 0 aliphatic carbocycles. The molecule has 0 aromatic heterocycles. The lowest BCUT2D eigenvalue weighted by Crippen LogP contribution is -2.47. The van der Waals surface area contributed by atoms with Crippen LogP contribution in [0.4, 0.5) is 0 Å². The Morgan fingerprint density at radius 2 is 0.783 bits per heavy atom. The van der Waals surface area contributed by atoms with Gasteiger partial charge in [-0.2, -0.15) is 0 Å². The average Bonchev–Trinajstić information content (AvgIpc) is 3.46. The number of phosphoric ester groups is 1. The van der Waals surface area contributed by atoms with Crippen molar-refractivity contribution in [3.8, 4) is 0 Å². The molecule has 3 atom stereocenters. The van der Waals surface area contributed by atoms with Crippen LogP contribution in [0.1, 0.15) is 290 Å². The first-order chi connectivity index (χ1) is 40.4. The maximum Gasteiger partial charge on any atom is 0.306 e. The smallest absolute Gasteiger partial charge is 0.306 e. The van der Waals surface area contributed by atoms with Crippen LogP contribution in [-0.2, 0) is 27.9 Å². The monoisotopic (exact) mass is 1180 g/mol. The molecule has 0 fully saturated rings. The van der Waals surface area contributed by atoms with E-state index in [9.17, 15) is 19.0 Å². The van der Waals surface area contributed by atoms with Crippen molar-refractivity contribution in [3.05, 3.63) is 109 Å². The Hall–Kier alpha value is -3.33. The lowest BCUT2D eigenvalue weighted by atomic mass is 10.0. The van der Waals surface area contributed by atoms with Crippen LogP contribution in [-0.4, -0.2) is 69.4 Å². The number of quaternary nitrogens is 1. The van der Waals surface area contributed by atoms with E-state index in [2.05, 4.69) is 123 Å². The van der Waals surface area contributed by atoms with Gasteiger partial charge in [-0.3, -0.25) is 14.2 Å². The first kappa shape index (κ1) is 79.7. The largest absolute Gasteiger partial charge is 0.756 e. The molecule has 10 heteroatoms. The van der Waals surface area contributed by atoms with E-state index in [4.69, 9.17) is 13.8 Å². The fraction of sp³-hybridized carbons (Fsp3) is 0.726. The molecule has 1 amide bonds. The van der Waals surface area contributed by atoms with E-state index in [1.165, 1.54) is 161 Å². The first-order valence-electron chi connectivity index (χ1n) is 34.2. The Bertz CT molecular complexity index is 1790. The van der Waals surface area contributed by atoms with Crippen molar-refractivity contribution in [2.75, 3.05) is 40.9 Å². The standard InChI is InChI=1S/C73H129N2O7P/c1-7-10-13-16-19-22-25-28-30-32-33-34-35-36-37-38-39-40-41-43-45-48-51-54-57-60-63-66-73(77)82-71(64-61-58-55-52-49-46-27-24-21-18-15-12-9-3)70(69-81-83(78,79)80-68-67-75(4,5)6)74-72(76)65-62-59-56-53-50-47-44-42-31-29-26-23-20-17-14-11-8-2/h11,14,19-20,22-23,28-31,33-34,44,47,53,56,61,64,70-71H,7-10,12-13,15-18,21,24-27,32,35-43,45-46,48-52,54-55,57-60,62-63,65-69H2,1-6H3,(H-,74,76,78,79)/b14-11-,22-19-,23-20-,30-28-,31-29-,34-33-,47-44-,56-53-,64-61-. The third-order valence-corrected chi connectivity index (χ3v) is 15.7. The average molecular weight is 1180 g/mol. The summed E-state index contributed by atoms with van der Waals surface area (Å²) in [6, 6.07) is -0.925. The maximum atomic E-state index is 13.5. The van der Waals surface area contributed by atoms with Crippen molar-refractivity contribution in [2.24, 2.45) is 0 Å². The van der Waals surface area contributed by atoms with Gasteiger partial charge in [0.1, 0.15) is 19.3 Å². The molecule has 0 aliphatic heterocycles. The highest BCUT2D eigenvalue weighted by Crippen LogP contribution is 2.38. The summed E-state index contributed by atoms with van der Waals surface area (Å²) in [6.07, 6.45) is 85.1. The lowest BCUT2D eigenvalue weighted by molar-refractivity contribution is -0.870. The molecule has 83 heavy (non-hydrogen) atoms. The molecule has 0 radical (unpaired) electrons. The minimum atomic E-state index is -4.72. The number of allylic oxidation sites excluding steroid dienone is 17. The van der Waals surface area contributed by atoms with Crippen LogP contribution in [0.15, 0.2) is 109 Å². The summed E-state index contributed by atoms with van der Waals surface area (Å²) in [5, 5.41) is 3.00. The summed E-state index contributed by atoms with van der Waals surface area (Å²) in [5.74, 6) is -0.609. The van der Waals surface area contributed by atoms with Gasteiger partial charge in [-0.25, -0.2) is 0 Å². The van der Waals surface area contributed by atoms with Crippen LogP contribution in [0.3, 0.4) is 0 Å². The number of nitrogens with zero attached hydrogens (tertiary/aromatic N) is 1. The van der Waals surface area contributed by atoms with Gasteiger partial charge in [-0.15, -0.1) is 0 Å². The van der Waals surface area contributed by atoms with Crippen molar-refractivity contribution >= 4 is 19.7 Å². The number of hydrogen-bond donors (Lipinski definition) is 1. The lowest BCUT2D eigenvalue weighted by Gasteiger charge is -2.30. The summed E-state index contributed by atoms with van der Waals surface area (Å²) in [5.41, 5.74) is 0. The van der Waals surface area contributed by atoms with Gasteiger partial charge in [-0.05, 0) is 109 Å². The molecule has 1 N–H and O–H groups in total. The topological polar surface area (TPSA) is 114 Å². The quantitative estimate of drug-likeness (QED) is 0.0212. The van der Waals surface area contributed by atoms with Gasteiger partial charge < -0.3 is 28.5 Å². The van der Waals surface area contributed by atoms with Crippen molar-refractivity contribution in [2.45, 2.75) is 303 Å². The fourth-order valence-corrected chi connectivity index (χ4v) is 10.2. The zero-order chi connectivity index (χ0) is 60.7. The number of phosphoric acid groups is 1. The molecular weight excluding hydrogens is 1050 g/mol. The SMILES string of the molecule is CC/C=C\C/C=C\C/C=C\C/C=C\C/C=C\CCCC(=O)NC(COP(=O)([O-])OCC[N+](C)(C)C)C(/C=C\CCCCCCCCCCCCC)OC(=O)CCCCCCCCCCCCCCCC/C=C\C/C=C\C/C=C\CCCCC. The predicted octanol–water partition coefficient (Wildman–Crippen LogP) is 21.0. The molecule has 0 rings (SSSR count). The van der Waals surface area contributed by atoms with Crippen LogP contribution >= 0.6 is 7.82 Å². The van der Waals surface area contributed by atoms with Crippen molar-refractivity contribution in [3.63, 3.8) is 0 Å². The van der Waals surface area contributed by atoms with Gasteiger partial charge in [0.2, 0.25) is 5.91 Å². The zero-order valence-corrected chi connectivity index (χ0v) is 55.5. The number of ether oxygens (including phenoxy) is 1. The first-order valence-corrected chi connectivity index (χ1v) is 35.7. The second-order valence-corrected chi connectivity index (χ2v) is 25.4. The van der Waals surface area contributed by atoms with Gasteiger partial charge in [-0.1, -0.05) is 278 Å². The van der Waals surface area contributed by atoms with Crippen LogP contribution in [0.25, 0.3) is 0 Å². The normalized spacial score (nSPS) is 14.3. The van der Waals surface area contributed by atoms with E-state index in [-0.39, 0.29) is 31.3 Å². The van der Waals surface area contributed by atoms with E-state index in [1.54, 1.807) is 0 Å². The number of carbonyl (C=O) groups excluding carboxylic acids is 2. The number of hydrogen-bond acceptors (Lipinski definition) is 7. The van der Waals surface area contributed by atoms with E-state index in [0.717, 1.165) is 89.9 Å². The predicted molar refractivity (Wildman–Crippen MR) is 357 cm³/mol. The van der Waals surface area contributed by atoms with Crippen molar-refractivity contribution in [1.29, 1.82) is 0 Å². The van der Waals surface area contributed by atoms with Gasteiger partial charge >= 0.3 is 5.97 Å². The third-order valence-electron chi connectivity index (χ3n) is 14.7. The molecule has 9 nitrogen and oxygen atoms in total. The van der Waals surface area contributed by atoms with Gasteiger partial charge in [0.15, 0.2) is 0 Å². The molecule has 0 aromatic rings. The maximum absolute atomic E-state index is 13.5. The highest BCUT2D eigenvalue weighted by Gasteiger charge is 2.27. The second kappa shape index (κ2) is 61.7. The zero-order valence-electron chi connectivity index (χ0n) is 54.6. The molecule has 0 saturated heterocycles. The Balaban J connectivity index is 5.15. The Morgan fingerprint density at radius 1 is 0.434 bits per heavy atom. The fourth-order valence-electron chi connectivity index (χ4n) is 9.45. The molecule has 0 bridgehead atoms. The van der Waals surface area contributed by atoms with E-state index in [1.807, 2.05) is 33.3 Å². The second-order valence-electron chi connectivity index (χ2n) is 23.9. The van der Waals surface area contributed by atoms with Gasteiger partial charge in [0.05, 0.1) is 33.8 Å². The Kier molecular flexibility index (Phi) is 59.3. The highest BCUT2D eigenvalue weighted by molar-refractivity contribution is 7.45. The molecule has 478 valence electrons. The number of likely N-dealkylation sites (N-methyl/N-ethyl adjacent to an activating group) is 1. The number of unbranched alkanes of at least 4 members (excludes halogenated alkanes) is 29. The number of amides is 1. The molecular formula is C73H129N2O7P. The number of carbonyl (C=O) groups is 2. The summed E-state index contributed by atoms with van der Waals surface area (Å²) in [4.78, 5) is 40.1.